The van der Waals surface area contributed by atoms with Crippen LogP contribution in [-0.4, -0.2) is 48.9 Å². The number of amides is 4. The molecule has 8 nitrogen and oxygen atoms in total. The largest absolute Gasteiger partial charge is 0.405 e. The standard InChI is InChI=1S/C32H33F3N4O4/c33-32(34,35)20-38-30(43)31(24-14-6-4-12-22(24)23-13-5-7-15-25(23)31)18-8-9-19-37-29(42)26(16-17-27(36)40)39-28(41)21-10-2-1-3-11-21/h1-7,10-15,26H,8-9,16-20H2,(H2,36,40)(H,37,42)(H,38,43)(H,39,41). The molecule has 3 aromatic carbocycles. The molecule has 3 aromatic rings. The summed E-state index contributed by atoms with van der Waals surface area (Å²) >= 11 is 0. The molecule has 0 aromatic heterocycles. The molecule has 0 saturated heterocycles. The van der Waals surface area contributed by atoms with E-state index in [0.717, 1.165) is 11.1 Å². The van der Waals surface area contributed by atoms with Crippen molar-refractivity contribution in [1.29, 1.82) is 0 Å². The van der Waals surface area contributed by atoms with Crippen molar-refractivity contribution in [1.82, 2.24) is 16.0 Å². The first-order chi connectivity index (χ1) is 20.5. The predicted molar refractivity (Wildman–Crippen MR) is 155 cm³/mol. The highest BCUT2D eigenvalue weighted by Crippen LogP contribution is 2.51. The lowest BCUT2D eigenvalue weighted by Crippen LogP contribution is -2.48. The fraction of sp³-hybridized carbons (Fsp3) is 0.312. The van der Waals surface area contributed by atoms with Gasteiger partial charge in [0.25, 0.3) is 5.91 Å². The van der Waals surface area contributed by atoms with Crippen molar-refractivity contribution in [2.75, 3.05) is 13.1 Å². The first-order valence-corrected chi connectivity index (χ1v) is 14.0. The number of fused-ring (bicyclic) bond motifs is 3. The number of benzene rings is 3. The summed E-state index contributed by atoms with van der Waals surface area (Å²) in [5.41, 5.74) is 7.12. The summed E-state index contributed by atoms with van der Waals surface area (Å²) in [5, 5.41) is 7.50. The Morgan fingerprint density at radius 1 is 0.791 bits per heavy atom. The predicted octanol–water partition coefficient (Wildman–Crippen LogP) is 3.98. The Balaban J connectivity index is 1.45. The third-order valence-corrected chi connectivity index (χ3v) is 7.52. The molecule has 4 amide bonds. The highest BCUT2D eigenvalue weighted by Gasteiger charge is 2.49. The Morgan fingerprint density at radius 3 is 1.95 bits per heavy atom. The van der Waals surface area contributed by atoms with Gasteiger partial charge in [-0.1, -0.05) is 66.7 Å². The number of alkyl halides is 3. The van der Waals surface area contributed by atoms with Crippen molar-refractivity contribution in [3.63, 3.8) is 0 Å². The van der Waals surface area contributed by atoms with Gasteiger partial charge in [-0.15, -0.1) is 0 Å². The van der Waals surface area contributed by atoms with Gasteiger partial charge in [-0.2, -0.15) is 13.2 Å². The summed E-state index contributed by atoms with van der Waals surface area (Å²) in [4.78, 5) is 50.5. The molecule has 0 spiro atoms. The number of primary amides is 1. The molecule has 4 rings (SSSR count). The van der Waals surface area contributed by atoms with Crippen molar-refractivity contribution in [3.05, 3.63) is 95.6 Å². The molecule has 0 saturated carbocycles. The van der Waals surface area contributed by atoms with Crippen LogP contribution in [0.5, 0.6) is 0 Å². The molecule has 5 N–H and O–H groups in total. The Kier molecular flexibility index (Phi) is 9.84. The normalized spacial score (nSPS) is 13.7. The van der Waals surface area contributed by atoms with Crippen molar-refractivity contribution in [3.8, 4) is 11.1 Å². The smallest absolute Gasteiger partial charge is 0.370 e. The lowest BCUT2D eigenvalue weighted by molar-refractivity contribution is -0.141. The van der Waals surface area contributed by atoms with Crippen LogP contribution in [0.4, 0.5) is 13.2 Å². The van der Waals surface area contributed by atoms with Gasteiger partial charge in [0.15, 0.2) is 0 Å². The number of halogens is 3. The number of carbonyl (C=O) groups is 4. The molecule has 0 aliphatic heterocycles. The fourth-order valence-electron chi connectivity index (χ4n) is 5.52. The lowest BCUT2D eigenvalue weighted by Gasteiger charge is -2.31. The van der Waals surface area contributed by atoms with Gasteiger partial charge in [-0.3, -0.25) is 19.2 Å². The minimum Gasteiger partial charge on any atom is -0.370 e. The molecule has 0 heterocycles. The molecule has 0 fully saturated rings. The average Bonchev–Trinajstić information content (AvgIpc) is 3.28. The van der Waals surface area contributed by atoms with Gasteiger partial charge >= 0.3 is 6.18 Å². The van der Waals surface area contributed by atoms with Gasteiger partial charge in [0.2, 0.25) is 17.7 Å². The van der Waals surface area contributed by atoms with Crippen molar-refractivity contribution >= 4 is 23.6 Å². The molecule has 226 valence electrons. The van der Waals surface area contributed by atoms with Crippen molar-refractivity contribution < 1.29 is 32.3 Å². The summed E-state index contributed by atoms with van der Waals surface area (Å²) in [6, 6.07) is 21.7. The fourth-order valence-corrected chi connectivity index (χ4v) is 5.52. The van der Waals surface area contributed by atoms with Crippen LogP contribution < -0.4 is 21.7 Å². The Hall–Kier alpha value is -4.67. The summed E-state index contributed by atoms with van der Waals surface area (Å²) in [5.74, 6) is -2.32. The van der Waals surface area contributed by atoms with E-state index in [4.69, 9.17) is 5.73 Å². The minimum atomic E-state index is -4.57. The number of nitrogens with two attached hydrogens (primary N) is 1. The van der Waals surface area contributed by atoms with Gasteiger partial charge < -0.3 is 21.7 Å². The van der Waals surface area contributed by atoms with Crippen LogP contribution in [0.1, 0.15) is 53.6 Å². The van der Waals surface area contributed by atoms with Gasteiger partial charge in [-0.25, -0.2) is 0 Å². The highest BCUT2D eigenvalue weighted by molar-refractivity contribution is 6.00. The summed E-state index contributed by atoms with van der Waals surface area (Å²) in [6.07, 6.45) is -3.67. The number of rotatable bonds is 13. The maximum absolute atomic E-state index is 13.6. The van der Waals surface area contributed by atoms with E-state index in [0.29, 0.717) is 29.5 Å². The van der Waals surface area contributed by atoms with E-state index in [-0.39, 0.29) is 25.8 Å². The monoisotopic (exact) mass is 594 g/mol. The van der Waals surface area contributed by atoms with Crippen LogP contribution in [0.25, 0.3) is 11.1 Å². The van der Waals surface area contributed by atoms with E-state index in [1.54, 1.807) is 54.6 Å². The molecular weight excluding hydrogens is 561 g/mol. The van der Waals surface area contributed by atoms with Crippen LogP contribution >= 0.6 is 0 Å². The zero-order chi connectivity index (χ0) is 31.0. The maximum Gasteiger partial charge on any atom is 0.405 e. The minimum absolute atomic E-state index is 0.00972. The van der Waals surface area contributed by atoms with Crippen molar-refractivity contribution in [2.45, 2.75) is 49.7 Å². The van der Waals surface area contributed by atoms with E-state index in [2.05, 4.69) is 16.0 Å². The number of carbonyl (C=O) groups excluding carboxylic acids is 4. The van der Waals surface area contributed by atoms with E-state index < -0.39 is 47.8 Å². The first kappa shape index (κ1) is 31.3. The third-order valence-electron chi connectivity index (χ3n) is 7.52. The number of nitrogens with one attached hydrogen (secondary N) is 3. The van der Waals surface area contributed by atoms with E-state index in [1.807, 2.05) is 24.3 Å². The lowest BCUT2D eigenvalue weighted by atomic mass is 9.73. The zero-order valence-electron chi connectivity index (χ0n) is 23.4. The number of hydrogen-bond acceptors (Lipinski definition) is 4. The average molecular weight is 595 g/mol. The Morgan fingerprint density at radius 2 is 1.37 bits per heavy atom. The van der Waals surface area contributed by atoms with Crippen LogP contribution in [-0.2, 0) is 19.8 Å². The summed E-state index contributed by atoms with van der Waals surface area (Å²) in [7, 11) is 0. The molecule has 0 bridgehead atoms. The summed E-state index contributed by atoms with van der Waals surface area (Å²) in [6.45, 7) is -1.27. The van der Waals surface area contributed by atoms with Crippen LogP contribution in [0, 0.1) is 0 Å². The van der Waals surface area contributed by atoms with Crippen LogP contribution in [0.3, 0.4) is 0 Å². The second-order valence-electron chi connectivity index (χ2n) is 10.4. The molecule has 1 unspecified atom stereocenters. The van der Waals surface area contributed by atoms with Crippen molar-refractivity contribution in [2.24, 2.45) is 5.73 Å². The SMILES string of the molecule is NC(=O)CCC(NC(=O)c1ccccc1)C(=O)NCCCCC1(C(=O)NCC(F)(F)F)c2ccccc2-c2ccccc21. The number of hydrogen-bond donors (Lipinski definition) is 4. The molecule has 43 heavy (non-hydrogen) atoms. The molecule has 0 radical (unpaired) electrons. The second-order valence-corrected chi connectivity index (χ2v) is 10.4. The summed E-state index contributed by atoms with van der Waals surface area (Å²) < 4.78 is 39.2. The van der Waals surface area contributed by atoms with Crippen LogP contribution in [0.15, 0.2) is 78.9 Å². The zero-order valence-corrected chi connectivity index (χ0v) is 23.4. The highest BCUT2D eigenvalue weighted by atomic mass is 19.4. The maximum atomic E-state index is 13.6. The Bertz CT molecular complexity index is 1430. The molecule has 1 atom stereocenters. The Labute approximate surface area is 247 Å². The molecular formula is C32H33F3N4O4. The second kappa shape index (κ2) is 13.5. The molecule has 1 aliphatic carbocycles. The van der Waals surface area contributed by atoms with Gasteiger partial charge in [-0.05, 0) is 60.1 Å². The third kappa shape index (κ3) is 7.40. The van der Waals surface area contributed by atoms with E-state index >= 15 is 0 Å². The van der Waals surface area contributed by atoms with E-state index in [9.17, 15) is 32.3 Å². The molecule has 11 heteroatoms. The quantitative estimate of drug-likeness (QED) is 0.223. The van der Waals surface area contributed by atoms with Crippen LogP contribution in [0.2, 0.25) is 0 Å². The number of unbranched alkanes of at least 4 members (excludes halogenated alkanes) is 1. The first-order valence-electron chi connectivity index (χ1n) is 14.0. The van der Waals surface area contributed by atoms with Gasteiger partial charge in [0.1, 0.15) is 18.0 Å². The topological polar surface area (TPSA) is 130 Å². The van der Waals surface area contributed by atoms with Gasteiger partial charge in [0, 0.05) is 18.5 Å². The van der Waals surface area contributed by atoms with E-state index in [1.165, 1.54) is 0 Å². The molecule has 1 aliphatic rings. The van der Waals surface area contributed by atoms with Gasteiger partial charge in [0.05, 0.1) is 0 Å².